The molecule has 39 heavy (non-hydrogen) atoms. The van der Waals surface area contributed by atoms with Crippen LogP contribution < -0.4 is 4.74 Å². The lowest BCUT2D eigenvalue weighted by Crippen LogP contribution is -2.31. The van der Waals surface area contributed by atoms with E-state index in [-0.39, 0.29) is 65.2 Å². The molecule has 0 atom stereocenters. The summed E-state index contributed by atoms with van der Waals surface area (Å²) in [5.41, 5.74) is -0.244. The number of ketones is 1. The molecule has 0 bridgehead atoms. The molecule has 0 spiro atoms. The predicted molar refractivity (Wildman–Crippen MR) is 151 cm³/mol. The summed E-state index contributed by atoms with van der Waals surface area (Å²) in [4.78, 5) is 13.9. The van der Waals surface area contributed by atoms with Crippen LogP contribution in [0.25, 0.3) is 21.9 Å². The summed E-state index contributed by atoms with van der Waals surface area (Å²) in [6.45, 7) is 5.06. The molecular weight excluding hydrogens is 590 g/mol. The number of rotatable bonds is 2. The van der Waals surface area contributed by atoms with Gasteiger partial charge in [-0.2, -0.15) is 0 Å². The fraction of sp³-hybridized carbons (Fsp3) is 0.179. The molecular formula is C28H20Cl4O7. The molecule has 1 aliphatic carbocycles. The highest BCUT2D eigenvalue weighted by atomic mass is 35.5. The van der Waals surface area contributed by atoms with E-state index >= 15 is 0 Å². The zero-order valence-corrected chi connectivity index (χ0v) is 23.8. The third kappa shape index (κ3) is 3.54. The summed E-state index contributed by atoms with van der Waals surface area (Å²) in [7, 11) is 1.38. The van der Waals surface area contributed by atoms with Gasteiger partial charge in [-0.25, -0.2) is 0 Å². The molecule has 4 aromatic carbocycles. The molecule has 0 unspecified atom stereocenters. The summed E-state index contributed by atoms with van der Waals surface area (Å²) >= 11 is 25.2. The first-order valence-electron chi connectivity index (χ1n) is 11.4. The molecule has 0 fully saturated rings. The van der Waals surface area contributed by atoms with E-state index in [1.807, 2.05) is 0 Å². The van der Waals surface area contributed by atoms with Crippen molar-refractivity contribution in [2.75, 3.05) is 7.11 Å². The minimum atomic E-state index is -0.988. The summed E-state index contributed by atoms with van der Waals surface area (Å²) in [6.07, 6.45) is 0. The molecule has 0 radical (unpaired) electrons. The Morgan fingerprint density at radius 1 is 0.718 bits per heavy atom. The zero-order chi connectivity index (χ0) is 28.9. The van der Waals surface area contributed by atoms with Gasteiger partial charge in [0.2, 0.25) is 5.78 Å². The van der Waals surface area contributed by atoms with Gasteiger partial charge in [0, 0.05) is 27.3 Å². The first-order chi connectivity index (χ1) is 18.2. The Labute approximate surface area is 242 Å². The number of phenols is 5. The Bertz CT molecular complexity index is 1770. The largest absolute Gasteiger partial charge is 0.506 e. The second-order valence-electron chi connectivity index (χ2n) is 9.77. The van der Waals surface area contributed by atoms with Gasteiger partial charge in [-0.1, -0.05) is 60.3 Å². The maximum Gasteiger partial charge on any atom is 0.201 e. The maximum atomic E-state index is 13.9. The topological polar surface area (TPSA) is 127 Å². The van der Waals surface area contributed by atoms with Gasteiger partial charge in [0.25, 0.3) is 0 Å². The smallest absolute Gasteiger partial charge is 0.201 e. The predicted octanol–water partition coefficient (Wildman–Crippen LogP) is 7.84. The number of benzene rings is 4. The SMILES string of the molecule is COc1cc2c(c(O)c1Cl)C(=O)c1c(cc3c(Cl)c(O)cc(-c4c(C)c(Cl)c(O)c(Cl)c4O)c3c1O)C2(C)C. The van der Waals surface area contributed by atoms with Gasteiger partial charge >= 0.3 is 0 Å². The molecule has 4 aromatic rings. The van der Waals surface area contributed by atoms with Gasteiger partial charge in [-0.3, -0.25) is 4.79 Å². The average molecular weight is 610 g/mol. The van der Waals surface area contributed by atoms with E-state index < -0.39 is 39.2 Å². The van der Waals surface area contributed by atoms with E-state index in [4.69, 9.17) is 51.1 Å². The molecule has 0 aromatic heterocycles. The molecule has 5 rings (SSSR count). The first kappa shape index (κ1) is 27.3. The lowest BCUT2D eigenvalue weighted by Gasteiger charge is -2.36. The second-order valence-corrected chi connectivity index (χ2v) is 11.3. The number of fused-ring (bicyclic) bond motifs is 3. The summed E-state index contributed by atoms with van der Waals surface area (Å²) < 4.78 is 5.28. The van der Waals surface area contributed by atoms with Gasteiger partial charge in [0.15, 0.2) is 5.75 Å². The molecule has 1 aliphatic rings. The molecule has 7 nitrogen and oxygen atoms in total. The van der Waals surface area contributed by atoms with E-state index in [0.29, 0.717) is 11.1 Å². The Morgan fingerprint density at radius 2 is 1.28 bits per heavy atom. The van der Waals surface area contributed by atoms with Crippen molar-refractivity contribution < 1.29 is 35.1 Å². The monoisotopic (exact) mass is 608 g/mol. The van der Waals surface area contributed by atoms with Crippen molar-refractivity contribution in [2.24, 2.45) is 0 Å². The third-order valence-electron chi connectivity index (χ3n) is 7.37. The van der Waals surface area contributed by atoms with Gasteiger partial charge in [0.1, 0.15) is 38.8 Å². The quantitative estimate of drug-likeness (QED) is 0.157. The summed E-state index contributed by atoms with van der Waals surface area (Å²) in [6, 6.07) is 4.30. The highest BCUT2D eigenvalue weighted by Gasteiger charge is 2.43. The number of phenolic OH excluding ortho intramolecular Hbond substituents is 5. The lowest BCUT2D eigenvalue weighted by molar-refractivity contribution is 0.102. The van der Waals surface area contributed by atoms with Crippen LogP contribution in [0.5, 0.6) is 34.5 Å². The highest BCUT2D eigenvalue weighted by Crippen LogP contribution is 2.56. The van der Waals surface area contributed by atoms with E-state index in [0.717, 1.165) is 0 Å². The number of hydrogen-bond acceptors (Lipinski definition) is 7. The molecule has 0 amide bonds. The molecule has 11 heteroatoms. The number of ether oxygens (including phenoxy) is 1. The Balaban J connectivity index is 1.97. The van der Waals surface area contributed by atoms with Crippen LogP contribution in [-0.4, -0.2) is 38.4 Å². The number of halogens is 4. The Hall–Kier alpha value is -3.23. The Kier molecular flexibility index (Phi) is 6.24. The molecule has 0 heterocycles. The maximum absolute atomic E-state index is 13.9. The zero-order valence-electron chi connectivity index (χ0n) is 20.8. The van der Waals surface area contributed by atoms with Gasteiger partial charge in [-0.15, -0.1) is 0 Å². The molecule has 0 saturated carbocycles. The van der Waals surface area contributed by atoms with Crippen molar-refractivity contribution in [1.82, 2.24) is 0 Å². The highest BCUT2D eigenvalue weighted by molar-refractivity contribution is 6.41. The van der Waals surface area contributed by atoms with Crippen LogP contribution in [0.2, 0.25) is 20.1 Å². The standard InChI is InChI=1S/C28H20Cl4O7/c1-8-15(25(36)22(32)27(38)19(8)29)9-6-13(33)20(30)10-5-11-17(23(34)16(9)10)24(35)18-12(28(11,2)3)7-14(39-4)21(31)26(18)37/h5-7,33-34,36-38H,1-4H3. The number of aromatic hydroxyl groups is 5. The van der Waals surface area contributed by atoms with E-state index in [1.54, 1.807) is 26.0 Å². The first-order valence-corrected chi connectivity index (χ1v) is 12.9. The average Bonchev–Trinajstić information content (AvgIpc) is 2.89. The van der Waals surface area contributed by atoms with Crippen molar-refractivity contribution >= 4 is 63.0 Å². The third-order valence-corrected chi connectivity index (χ3v) is 8.96. The van der Waals surface area contributed by atoms with Crippen molar-refractivity contribution in [3.8, 4) is 45.6 Å². The minimum absolute atomic E-state index is 0.000489. The van der Waals surface area contributed by atoms with E-state index in [9.17, 15) is 30.3 Å². The molecule has 0 saturated heterocycles. The summed E-state index contributed by atoms with van der Waals surface area (Å²) in [5.74, 6) is -3.06. The van der Waals surface area contributed by atoms with Gasteiger partial charge in [0.05, 0.1) is 28.3 Å². The minimum Gasteiger partial charge on any atom is -0.506 e. The fourth-order valence-electron chi connectivity index (χ4n) is 5.32. The van der Waals surface area contributed by atoms with Gasteiger partial charge < -0.3 is 30.3 Å². The normalized spacial score (nSPS) is 13.9. The molecule has 202 valence electrons. The van der Waals surface area contributed by atoms with Crippen LogP contribution in [-0.2, 0) is 5.41 Å². The molecule has 0 aliphatic heterocycles. The molecule has 5 N–H and O–H groups in total. The number of methoxy groups -OCH3 is 1. The van der Waals surface area contributed by atoms with E-state index in [1.165, 1.54) is 20.1 Å². The number of carbonyl (C=O) groups excluding carboxylic acids is 1. The summed E-state index contributed by atoms with van der Waals surface area (Å²) in [5, 5.41) is 53.8. The van der Waals surface area contributed by atoms with Crippen molar-refractivity contribution in [1.29, 1.82) is 0 Å². The lowest BCUT2D eigenvalue weighted by atomic mass is 9.67. The second kappa shape index (κ2) is 8.89. The Morgan fingerprint density at radius 3 is 1.90 bits per heavy atom. The van der Waals surface area contributed by atoms with Crippen molar-refractivity contribution in [3.63, 3.8) is 0 Å². The van der Waals surface area contributed by atoms with Crippen molar-refractivity contribution in [3.05, 3.63) is 66.1 Å². The fourth-order valence-corrected chi connectivity index (χ4v) is 6.18. The van der Waals surface area contributed by atoms with Crippen LogP contribution >= 0.6 is 46.4 Å². The van der Waals surface area contributed by atoms with Gasteiger partial charge in [-0.05, 0) is 41.8 Å². The number of hydrogen-bond donors (Lipinski definition) is 5. The van der Waals surface area contributed by atoms with E-state index in [2.05, 4.69) is 0 Å². The van der Waals surface area contributed by atoms with Crippen LogP contribution in [0.1, 0.15) is 46.5 Å². The van der Waals surface area contributed by atoms with Crippen molar-refractivity contribution in [2.45, 2.75) is 26.2 Å². The number of carbonyl (C=O) groups is 1. The van der Waals surface area contributed by atoms with Crippen LogP contribution in [0, 0.1) is 6.92 Å². The van der Waals surface area contributed by atoms with Crippen LogP contribution in [0.15, 0.2) is 18.2 Å². The van der Waals surface area contributed by atoms with Crippen LogP contribution in [0.3, 0.4) is 0 Å². The van der Waals surface area contributed by atoms with Crippen LogP contribution in [0.4, 0.5) is 0 Å².